The van der Waals surface area contributed by atoms with Crippen LogP contribution in [-0.2, 0) is 9.59 Å². The quantitative estimate of drug-likeness (QED) is 0.391. The maximum absolute atomic E-state index is 11.1. The van der Waals surface area contributed by atoms with Crippen LogP contribution in [0.1, 0.15) is 25.7 Å². The van der Waals surface area contributed by atoms with E-state index in [1.807, 2.05) is 0 Å². The molecular formula is C10H14N2O2. The zero-order chi connectivity index (χ0) is 10.4. The highest BCUT2D eigenvalue weighted by molar-refractivity contribution is 6.12. The third-order valence-corrected chi connectivity index (χ3v) is 2.13. The first kappa shape index (κ1) is 10.6. The van der Waals surface area contributed by atoms with Gasteiger partial charge in [-0.05, 0) is 25.5 Å². The van der Waals surface area contributed by atoms with Crippen molar-refractivity contribution >= 4 is 18.0 Å². The Balaban J connectivity index is 2.15. The Hall–Kier alpha value is -1.45. The van der Waals surface area contributed by atoms with Gasteiger partial charge in [-0.15, -0.1) is 0 Å². The van der Waals surface area contributed by atoms with Crippen LogP contribution in [0.3, 0.4) is 0 Å². The summed E-state index contributed by atoms with van der Waals surface area (Å²) in [5, 5.41) is 6.82. The molecule has 0 aromatic heterocycles. The van der Waals surface area contributed by atoms with Gasteiger partial charge in [0.05, 0.1) is 0 Å². The number of nitrogens with one attached hydrogen (secondary N) is 1. The molecule has 0 spiro atoms. The standard InChI is InChI=1S/C10H14N2O2/c11-7-3-1-2-4-8-12-9(13)5-6-10(12)14/h5-7,11H,1-4,8H2. The summed E-state index contributed by atoms with van der Waals surface area (Å²) in [5.41, 5.74) is 0. The van der Waals surface area contributed by atoms with Gasteiger partial charge in [0.2, 0.25) is 0 Å². The van der Waals surface area contributed by atoms with E-state index < -0.39 is 0 Å². The minimum atomic E-state index is -0.206. The van der Waals surface area contributed by atoms with Crippen LogP contribution in [0.4, 0.5) is 0 Å². The van der Waals surface area contributed by atoms with Crippen molar-refractivity contribution in [1.29, 1.82) is 5.41 Å². The second-order valence-electron chi connectivity index (χ2n) is 3.21. The van der Waals surface area contributed by atoms with Gasteiger partial charge in [-0.25, -0.2) is 0 Å². The summed E-state index contributed by atoms with van der Waals surface area (Å²) in [6, 6.07) is 0. The molecule has 4 nitrogen and oxygen atoms in total. The molecule has 0 aromatic rings. The third kappa shape index (κ3) is 2.80. The topological polar surface area (TPSA) is 61.2 Å². The Labute approximate surface area is 83.1 Å². The van der Waals surface area contributed by atoms with Crippen LogP contribution in [0.5, 0.6) is 0 Å². The summed E-state index contributed by atoms with van der Waals surface area (Å²) in [6.07, 6.45) is 7.50. The van der Waals surface area contributed by atoms with Crippen LogP contribution in [0.15, 0.2) is 12.2 Å². The Morgan fingerprint density at radius 3 is 2.36 bits per heavy atom. The highest BCUT2D eigenvalue weighted by Crippen LogP contribution is 2.06. The lowest BCUT2D eigenvalue weighted by atomic mass is 10.2. The van der Waals surface area contributed by atoms with Crippen LogP contribution >= 0.6 is 0 Å². The molecule has 0 atom stereocenters. The normalized spacial score (nSPS) is 15.3. The Morgan fingerprint density at radius 1 is 1.14 bits per heavy atom. The number of amides is 2. The first-order chi connectivity index (χ1) is 6.75. The van der Waals surface area contributed by atoms with Gasteiger partial charge in [-0.2, -0.15) is 0 Å². The van der Waals surface area contributed by atoms with Gasteiger partial charge in [-0.3, -0.25) is 14.5 Å². The summed E-state index contributed by atoms with van der Waals surface area (Å²) >= 11 is 0. The van der Waals surface area contributed by atoms with Crippen molar-refractivity contribution < 1.29 is 9.59 Å². The Kier molecular flexibility index (Phi) is 4.04. The number of unbranched alkanes of at least 4 members (excludes halogenated alkanes) is 3. The predicted octanol–water partition coefficient (Wildman–Crippen LogP) is 1.12. The molecule has 1 aliphatic rings. The molecule has 1 heterocycles. The zero-order valence-corrected chi connectivity index (χ0v) is 8.03. The minimum Gasteiger partial charge on any atom is -0.313 e. The van der Waals surface area contributed by atoms with E-state index >= 15 is 0 Å². The van der Waals surface area contributed by atoms with Crippen molar-refractivity contribution in [3.8, 4) is 0 Å². The van der Waals surface area contributed by atoms with Gasteiger partial charge >= 0.3 is 0 Å². The lowest BCUT2D eigenvalue weighted by Gasteiger charge is -2.12. The molecule has 76 valence electrons. The largest absolute Gasteiger partial charge is 0.313 e. The molecule has 0 saturated heterocycles. The number of nitrogens with zero attached hydrogens (tertiary/aromatic N) is 1. The van der Waals surface area contributed by atoms with Gasteiger partial charge in [0.15, 0.2) is 0 Å². The summed E-state index contributed by atoms with van der Waals surface area (Å²) in [7, 11) is 0. The van der Waals surface area contributed by atoms with Crippen molar-refractivity contribution in [1.82, 2.24) is 4.90 Å². The van der Waals surface area contributed by atoms with Crippen molar-refractivity contribution in [2.75, 3.05) is 6.54 Å². The average Bonchev–Trinajstić information content (AvgIpc) is 2.48. The Morgan fingerprint density at radius 2 is 1.79 bits per heavy atom. The van der Waals surface area contributed by atoms with Crippen molar-refractivity contribution in [2.45, 2.75) is 25.7 Å². The fourth-order valence-electron chi connectivity index (χ4n) is 1.34. The fourth-order valence-corrected chi connectivity index (χ4v) is 1.34. The van der Waals surface area contributed by atoms with Gasteiger partial charge in [0, 0.05) is 18.7 Å². The summed E-state index contributed by atoms with van der Waals surface area (Å²) in [4.78, 5) is 23.4. The molecule has 2 amide bonds. The molecule has 14 heavy (non-hydrogen) atoms. The van der Waals surface area contributed by atoms with Crippen LogP contribution in [-0.4, -0.2) is 29.5 Å². The van der Waals surface area contributed by atoms with Crippen molar-refractivity contribution in [3.63, 3.8) is 0 Å². The molecule has 0 saturated carbocycles. The van der Waals surface area contributed by atoms with E-state index in [4.69, 9.17) is 5.41 Å². The molecule has 0 unspecified atom stereocenters. The molecule has 0 aromatic carbocycles. The second-order valence-corrected chi connectivity index (χ2v) is 3.21. The predicted molar refractivity (Wildman–Crippen MR) is 53.1 cm³/mol. The number of imide groups is 1. The van der Waals surface area contributed by atoms with E-state index in [-0.39, 0.29) is 11.8 Å². The molecule has 0 bridgehead atoms. The average molecular weight is 194 g/mol. The van der Waals surface area contributed by atoms with Crippen molar-refractivity contribution in [3.05, 3.63) is 12.2 Å². The van der Waals surface area contributed by atoms with Gasteiger partial charge in [-0.1, -0.05) is 6.42 Å². The monoisotopic (exact) mass is 194 g/mol. The van der Waals surface area contributed by atoms with Gasteiger partial charge in [0.1, 0.15) is 0 Å². The van der Waals surface area contributed by atoms with Gasteiger partial charge < -0.3 is 5.41 Å². The van der Waals surface area contributed by atoms with E-state index in [0.717, 1.165) is 25.7 Å². The summed E-state index contributed by atoms with van der Waals surface area (Å²) in [5.74, 6) is -0.413. The molecule has 0 aliphatic carbocycles. The molecule has 0 fully saturated rings. The first-order valence-electron chi connectivity index (χ1n) is 4.78. The third-order valence-electron chi connectivity index (χ3n) is 2.13. The molecule has 1 N–H and O–H groups in total. The first-order valence-corrected chi connectivity index (χ1v) is 4.78. The fraction of sp³-hybridized carbons (Fsp3) is 0.500. The summed E-state index contributed by atoms with van der Waals surface area (Å²) < 4.78 is 0. The highest BCUT2D eigenvalue weighted by Gasteiger charge is 2.21. The maximum Gasteiger partial charge on any atom is 0.253 e. The van der Waals surface area contributed by atoms with Crippen LogP contribution < -0.4 is 0 Å². The lowest BCUT2D eigenvalue weighted by Crippen LogP contribution is -2.30. The number of rotatable bonds is 6. The number of carbonyl (C=O) groups is 2. The molecule has 0 radical (unpaired) electrons. The van der Waals surface area contributed by atoms with Crippen molar-refractivity contribution in [2.24, 2.45) is 0 Å². The molecule has 4 heteroatoms. The molecule has 1 rings (SSSR count). The maximum atomic E-state index is 11.1. The van der Waals surface area contributed by atoms with E-state index in [0.29, 0.717) is 6.54 Å². The zero-order valence-electron chi connectivity index (χ0n) is 8.03. The summed E-state index contributed by atoms with van der Waals surface area (Å²) in [6.45, 7) is 0.503. The Bertz CT molecular complexity index is 253. The van der Waals surface area contributed by atoms with Crippen LogP contribution in [0, 0.1) is 5.41 Å². The number of hydrogen-bond donors (Lipinski definition) is 1. The minimum absolute atomic E-state index is 0.206. The van der Waals surface area contributed by atoms with Crippen LogP contribution in [0.25, 0.3) is 0 Å². The van der Waals surface area contributed by atoms with E-state index in [2.05, 4.69) is 0 Å². The SMILES string of the molecule is N=CCCCCCN1C(=O)C=CC1=O. The van der Waals surface area contributed by atoms with E-state index in [9.17, 15) is 9.59 Å². The smallest absolute Gasteiger partial charge is 0.253 e. The second kappa shape index (κ2) is 5.32. The highest BCUT2D eigenvalue weighted by atomic mass is 16.2. The van der Waals surface area contributed by atoms with E-state index in [1.54, 1.807) is 0 Å². The molecular weight excluding hydrogens is 180 g/mol. The van der Waals surface area contributed by atoms with Crippen LogP contribution in [0.2, 0.25) is 0 Å². The molecule has 1 aliphatic heterocycles. The van der Waals surface area contributed by atoms with E-state index in [1.165, 1.54) is 23.3 Å². The lowest BCUT2D eigenvalue weighted by molar-refractivity contribution is -0.136. The number of carbonyl (C=O) groups excluding carboxylic acids is 2. The van der Waals surface area contributed by atoms with Gasteiger partial charge in [0.25, 0.3) is 11.8 Å². The number of hydrogen-bond acceptors (Lipinski definition) is 3.